The van der Waals surface area contributed by atoms with E-state index < -0.39 is 22.0 Å². The molecule has 0 bridgehead atoms. The van der Waals surface area contributed by atoms with Crippen LogP contribution in [0.4, 0.5) is 22.0 Å². The molecule has 0 saturated carbocycles. The van der Waals surface area contributed by atoms with E-state index in [0.717, 1.165) is 85.8 Å². The Balaban J connectivity index is 0.000000179. The summed E-state index contributed by atoms with van der Waals surface area (Å²) in [5, 5.41) is 44.1. The number of aliphatic hydroxyl groups excluding tert-OH is 3. The lowest BCUT2D eigenvalue weighted by Gasteiger charge is -2.36. The van der Waals surface area contributed by atoms with Crippen LogP contribution in [0.2, 0.25) is 0 Å². The van der Waals surface area contributed by atoms with Gasteiger partial charge in [0.2, 0.25) is 0 Å². The summed E-state index contributed by atoms with van der Waals surface area (Å²) < 4.78 is 117. The van der Waals surface area contributed by atoms with Crippen molar-refractivity contribution < 1.29 is 94.8 Å². The number of oxime groups is 2. The highest BCUT2D eigenvalue weighted by atomic mass is 32.2. The number of hydrogen-bond donors (Lipinski definition) is 6. The van der Waals surface area contributed by atoms with Gasteiger partial charge in [-0.05, 0) is 99.2 Å². The number of ketones is 2. The number of hydrogen-bond acceptors (Lipinski definition) is 24. The second kappa shape index (κ2) is 53.5. The maximum absolute atomic E-state index is 14.8. The molecule has 0 spiro atoms. The minimum absolute atomic E-state index is 0. The standard InChI is InChI=1S/C23H25FO3S.C22H22FNO2S.C14H17FN2OS.C14H17FO2.C13H18FNO2.C7H11NO2.C7H13NO2.C5H10O.CH4/c1-2-22-19(14-25)23(15-27-22,18-10-6-7-11-20(18)24)13-17(28)12-21(26)16-8-4-3-5-9-16;1-2-20-17-13-27-21(12-19(25)15-8-4-3-5-9-15)24-22(17,14-26-20)16-10-6-7-11-18(16)23;1-2-12-10-7-19-13(16)17-14(10,8-18-12)9-5-3-4-6-11(9)15;1-2-13-11-7-16-8-14(11,9-17-13)10-5-3-4-6-12(10)15;1-2-12-10(7-16)13(15,8-17-12)9-5-3-4-6-11(9)14;1-2-7-5-3-10-8-6(5)4-9-7;1-3-7(4-2)10-6-5-8-9;1-3-5(6)4-2;/h3-11,19,22,25H,2,12-15H2,1H3;3-11,17,20H,2,12-14H2,1H3;3-6,10,12H,2,7-8H2,1H3,(H2,16,17);3-6,11,13H,2,7-9H2,1H3;3-6,10,12,16H,2,7-8,15H2,1H3;5,7H,2-4H2,1H3;3,5,7,9H,1,4,6H2,2H3;3,5-6H,1,4H2,2H3;1H4/b;;;;;;8-5+;;/t19-,22-,23+;17-,20-,22-;10-,12-,14-;11-,13-,14+;10-,12-,13-;5-,7+;;;/m111110.../s1. The van der Waals surface area contributed by atoms with Crippen LogP contribution in [0.5, 0.6) is 0 Å². The highest BCUT2D eigenvalue weighted by Crippen LogP contribution is 2.53. The van der Waals surface area contributed by atoms with Gasteiger partial charge in [-0.3, -0.25) is 14.6 Å². The van der Waals surface area contributed by atoms with Gasteiger partial charge >= 0.3 is 0 Å². The number of thiocarbonyl (C=S) groups is 1. The van der Waals surface area contributed by atoms with Gasteiger partial charge in [-0.1, -0.05) is 261 Å². The summed E-state index contributed by atoms with van der Waals surface area (Å²) >= 11 is 8.72. The lowest BCUT2D eigenvalue weighted by atomic mass is 9.67. The number of halogens is 5. The van der Waals surface area contributed by atoms with E-state index >= 15 is 0 Å². The SMILES string of the molecule is C.C=CC(CC)OC/C=N/O.C=CC(O)CC.CC[C@H]1OCC2=NOC[C@@H]21.CC[C@H]1OC[C@@](CC(=S)CC(=O)c2ccccc2)(c2ccccc2F)[C@@H]1CO.CC[C@H]1OC[C@@](N)(c2ccccc2F)[C@@H]1CO.CC[C@H]1OC[C@]2(c3ccccc3F)COC[C@H]12.CC[C@H]1OC[C@]2(c3ccccc3F)N=C(CC(=O)c3ccccc3)SC[C@H]12.CC[C@H]1OC[C@]2(c3ccccc3F)N=C(N)SC[C@H]12. The summed E-state index contributed by atoms with van der Waals surface area (Å²) in [4.78, 5) is 40.3. The van der Waals surface area contributed by atoms with Crippen molar-refractivity contribution in [1.29, 1.82) is 0 Å². The number of nitrogens with zero attached hydrogens (tertiary/aromatic N) is 4. The molecule has 17 rings (SSSR count). The molecule has 2 unspecified atom stereocenters. The van der Waals surface area contributed by atoms with Gasteiger partial charge in [0.05, 0.1) is 155 Å². The van der Waals surface area contributed by atoms with Crippen LogP contribution in [0.3, 0.4) is 0 Å². The van der Waals surface area contributed by atoms with E-state index in [4.69, 9.17) is 81.7 Å². The first-order valence-corrected chi connectivity index (χ1v) is 49.0. The van der Waals surface area contributed by atoms with E-state index in [2.05, 4.69) is 56.2 Å². The Hall–Kier alpha value is -8.60. The third-order valence-electron chi connectivity index (χ3n) is 27.0. The summed E-state index contributed by atoms with van der Waals surface area (Å²) in [5.74, 6) is 0.829. The molecule has 19 atom stereocenters. The van der Waals surface area contributed by atoms with Gasteiger partial charge in [-0.25, -0.2) is 26.9 Å². The van der Waals surface area contributed by atoms with Gasteiger partial charge in [0, 0.05) is 92.2 Å². The van der Waals surface area contributed by atoms with Crippen LogP contribution in [-0.2, 0) is 70.2 Å². The molecular formula is C106H137F5N6O15S3. The molecule has 10 aliphatic rings. The summed E-state index contributed by atoms with van der Waals surface area (Å²) in [5.41, 5.74) is 14.1. The number of rotatable bonds is 28. The number of aliphatic hydroxyl groups is 3. The predicted molar refractivity (Wildman–Crippen MR) is 530 cm³/mol. The monoisotopic (exact) mass is 1920 g/mol. The molecule has 7 saturated heterocycles. The third-order valence-corrected chi connectivity index (χ3v) is 29.3. The first kappa shape index (κ1) is 110. The predicted octanol–water partition coefficient (Wildman–Crippen LogP) is 19.6. The fraction of sp³-hybridized carbons (Fsp3) is 0.500. The summed E-state index contributed by atoms with van der Waals surface area (Å²) in [7, 11) is 0. The average Bonchev–Trinajstić information content (AvgIpc) is 1.71. The molecule has 8 N–H and O–H groups in total. The summed E-state index contributed by atoms with van der Waals surface area (Å²) in [6.45, 7) is 27.9. The lowest BCUT2D eigenvalue weighted by Crippen LogP contribution is -2.47. The number of thioether (sulfide) groups is 2. The van der Waals surface area contributed by atoms with E-state index in [1.807, 2.05) is 100 Å². The highest BCUT2D eigenvalue weighted by Gasteiger charge is 2.58. The number of aliphatic imine (C=N–C) groups is 2. The Morgan fingerprint density at radius 2 is 1.00 bits per heavy atom. The van der Waals surface area contributed by atoms with Crippen LogP contribution in [0.15, 0.2) is 228 Å². The van der Waals surface area contributed by atoms with Crippen molar-refractivity contribution in [3.63, 3.8) is 0 Å². The van der Waals surface area contributed by atoms with Gasteiger partial charge in [-0.15, -0.1) is 24.9 Å². The normalized spacial score (nSPS) is 28.3. The Bertz CT molecular complexity index is 5050. The highest BCUT2D eigenvalue weighted by molar-refractivity contribution is 8.14. The van der Waals surface area contributed by atoms with Crippen LogP contribution in [-0.4, -0.2) is 199 Å². The van der Waals surface area contributed by atoms with E-state index in [1.54, 1.807) is 96.7 Å². The molecule has 135 heavy (non-hydrogen) atoms. The first-order chi connectivity index (χ1) is 64.8. The first-order valence-electron chi connectivity index (χ1n) is 46.6. The number of nitrogens with two attached hydrogens (primary N) is 2. The van der Waals surface area contributed by atoms with Crippen LogP contribution in [0.25, 0.3) is 0 Å². The van der Waals surface area contributed by atoms with Crippen LogP contribution in [0.1, 0.15) is 182 Å². The maximum Gasteiger partial charge on any atom is 0.169 e. The van der Waals surface area contributed by atoms with Crippen molar-refractivity contribution in [2.24, 2.45) is 67.3 Å². The van der Waals surface area contributed by atoms with E-state index in [1.165, 1.54) is 54.4 Å². The Kier molecular flexibility index (Phi) is 43.6. The van der Waals surface area contributed by atoms with E-state index in [9.17, 15) is 41.8 Å². The zero-order valence-electron chi connectivity index (χ0n) is 78.1. The maximum atomic E-state index is 14.8. The number of carbonyl (C=O) groups is 2. The fourth-order valence-electron chi connectivity index (χ4n) is 19.5. The zero-order valence-corrected chi connectivity index (χ0v) is 80.5. The smallest absolute Gasteiger partial charge is 0.169 e. The van der Waals surface area contributed by atoms with Crippen molar-refractivity contribution in [1.82, 2.24) is 0 Å². The van der Waals surface area contributed by atoms with Crippen molar-refractivity contribution >= 4 is 74.3 Å². The quantitative estimate of drug-likeness (QED) is 0.00505. The van der Waals surface area contributed by atoms with Gasteiger partial charge in [-0.2, -0.15) is 0 Å². The molecule has 0 aromatic heterocycles. The minimum atomic E-state index is -0.930. The number of carbonyl (C=O) groups excluding carboxylic acids is 2. The molecule has 7 aromatic rings. The van der Waals surface area contributed by atoms with Gasteiger partial charge in [0.1, 0.15) is 46.8 Å². The number of benzene rings is 7. The van der Waals surface area contributed by atoms with Gasteiger partial charge < -0.3 is 74.7 Å². The number of Topliss-reactive ketones (excluding diaryl/α,β-unsaturated/α-hetero) is 2. The average molecular weight is 1930 g/mol. The molecular weight excluding hydrogens is 1790 g/mol. The van der Waals surface area contributed by atoms with Gasteiger partial charge in [0.25, 0.3) is 0 Å². The van der Waals surface area contributed by atoms with Gasteiger partial charge in [0.15, 0.2) is 16.7 Å². The molecule has 10 aliphatic heterocycles. The molecule has 7 aromatic carbocycles. The Morgan fingerprint density at radius 1 is 0.541 bits per heavy atom. The largest absolute Gasteiger partial charge is 0.411 e. The topological polar surface area (TPSA) is 300 Å². The molecule has 10 heterocycles. The van der Waals surface area contributed by atoms with Crippen LogP contribution in [0, 0.1) is 64.6 Å². The molecule has 0 radical (unpaired) electrons. The molecule has 29 heteroatoms. The van der Waals surface area contributed by atoms with Crippen LogP contribution < -0.4 is 11.5 Å². The molecule has 0 amide bonds. The molecule has 21 nitrogen and oxygen atoms in total. The van der Waals surface area contributed by atoms with Crippen LogP contribution >= 0.6 is 35.7 Å². The van der Waals surface area contributed by atoms with E-state index in [-0.39, 0.29) is 159 Å². The Labute approximate surface area is 807 Å². The minimum Gasteiger partial charge on any atom is -0.411 e. The molecule has 7 fully saturated rings. The molecule has 734 valence electrons. The second-order valence-electron chi connectivity index (χ2n) is 34.8. The summed E-state index contributed by atoms with van der Waals surface area (Å²) in [6, 6.07) is 51.9. The molecule has 0 aliphatic carbocycles. The fourth-order valence-corrected chi connectivity index (χ4v) is 22.3. The van der Waals surface area contributed by atoms with Crippen molar-refractivity contribution in [2.45, 2.75) is 210 Å². The van der Waals surface area contributed by atoms with E-state index in [0.29, 0.717) is 114 Å². The number of amidine groups is 1. The summed E-state index contributed by atoms with van der Waals surface area (Å²) in [6.07, 6.45) is 12.4. The zero-order chi connectivity index (χ0) is 96.6. The Morgan fingerprint density at radius 3 is 1.49 bits per heavy atom. The second-order valence-corrected chi connectivity index (χ2v) is 37.5. The van der Waals surface area contributed by atoms with Crippen molar-refractivity contribution in [3.8, 4) is 0 Å². The third kappa shape index (κ3) is 26.5. The van der Waals surface area contributed by atoms with Crippen molar-refractivity contribution in [3.05, 3.63) is 275 Å². The van der Waals surface area contributed by atoms with Crippen molar-refractivity contribution in [2.75, 3.05) is 90.8 Å². The number of fused-ring (bicyclic) bond motifs is 4. The lowest BCUT2D eigenvalue weighted by molar-refractivity contribution is 0.0461. The number of ether oxygens (including phenoxy) is 8.